The second-order valence-corrected chi connectivity index (χ2v) is 18.7. The number of fused-ring (bicyclic) bond motifs is 4. The lowest BCUT2D eigenvalue weighted by Gasteiger charge is -2.44. The molecule has 0 N–H and O–H groups in total. The van der Waals surface area contributed by atoms with E-state index in [0.29, 0.717) is 0 Å². The van der Waals surface area contributed by atoms with Gasteiger partial charge in [-0.25, -0.2) is 0 Å². The van der Waals surface area contributed by atoms with Crippen molar-refractivity contribution in [2.24, 2.45) is 23.7 Å². The normalized spacial score (nSPS) is 22.5. The molecule has 62 heavy (non-hydrogen) atoms. The van der Waals surface area contributed by atoms with E-state index in [-0.39, 0.29) is 5.41 Å². The van der Waals surface area contributed by atoms with Crippen LogP contribution in [-0.4, -0.2) is 0 Å². The third-order valence-electron chi connectivity index (χ3n) is 15.7. The molecule has 0 aromatic heterocycles. The van der Waals surface area contributed by atoms with Gasteiger partial charge in [-0.3, -0.25) is 0 Å². The Morgan fingerprint density at radius 2 is 1.11 bits per heavy atom. The lowest BCUT2D eigenvalue weighted by atomic mass is 9.59. The van der Waals surface area contributed by atoms with Crippen LogP contribution in [0.1, 0.15) is 55.2 Å². The molecule has 1 heteroatoms. The molecular weight excluding hydrogens is 747 g/mol. The molecule has 1 spiro atoms. The van der Waals surface area contributed by atoms with Crippen LogP contribution in [0.3, 0.4) is 0 Å². The van der Waals surface area contributed by atoms with Gasteiger partial charge >= 0.3 is 0 Å². The van der Waals surface area contributed by atoms with E-state index in [4.69, 9.17) is 0 Å². The van der Waals surface area contributed by atoms with E-state index in [1.54, 1.807) is 11.1 Å². The van der Waals surface area contributed by atoms with Crippen LogP contribution in [-0.2, 0) is 5.41 Å². The number of allylic oxidation sites excluding steroid dienone is 4. The van der Waals surface area contributed by atoms with Crippen molar-refractivity contribution in [3.05, 3.63) is 217 Å². The summed E-state index contributed by atoms with van der Waals surface area (Å²) in [6.07, 6.45) is 14.6. The van der Waals surface area contributed by atoms with E-state index >= 15 is 0 Å². The molecule has 5 atom stereocenters. The highest BCUT2D eigenvalue weighted by atomic mass is 15.1. The Bertz CT molecular complexity index is 3090. The molecule has 14 rings (SSSR count). The smallest absolute Gasteiger partial charge is 0.0540 e. The first-order chi connectivity index (χ1) is 30.7. The number of hydrogen-bond acceptors (Lipinski definition) is 1. The van der Waals surface area contributed by atoms with E-state index in [9.17, 15) is 0 Å². The maximum absolute atomic E-state index is 2.61. The average Bonchev–Trinajstić information content (AvgIpc) is 3.89. The number of benzene rings is 8. The molecule has 0 heterocycles. The maximum Gasteiger partial charge on any atom is 0.0540 e. The molecule has 4 saturated carbocycles. The van der Waals surface area contributed by atoms with Gasteiger partial charge in [0.15, 0.2) is 0 Å². The second kappa shape index (κ2) is 14.2. The van der Waals surface area contributed by atoms with Crippen molar-refractivity contribution in [3.63, 3.8) is 0 Å². The summed E-state index contributed by atoms with van der Waals surface area (Å²) in [4.78, 5) is 2.47. The van der Waals surface area contributed by atoms with Crippen molar-refractivity contribution in [1.82, 2.24) is 0 Å². The van der Waals surface area contributed by atoms with Crippen molar-refractivity contribution >= 4 is 33.4 Å². The van der Waals surface area contributed by atoms with Gasteiger partial charge in [0.2, 0.25) is 0 Å². The quantitative estimate of drug-likeness (QED) is 0.155. The maximum atomic E-state index is 2.61. The predicted molar refractivity (Wildman–Crippen MR) is 260 cm³/mol. The molecule has 0 aliphatic heterocycles. The number of hydrogen-bond donors (Lipinski definition) is 0. The zero-order valence-electron chi connectivity index (χ0n) is 35.1. The van der Waals surface area contributed by atoms with Crippen LogP contribution in [0.4, 0.5) is 17.1 Å². The van der Waals surface area contributed by atoms with Crippen LogP contribution in [0, 0.1) is 23.7 Å². The van der Waals surface area contributed by atoms with Gasteiger partial charge in [-0.05, 0) is 171 Å². The van der Waals surface area contributed by atoms with Gasteiger partial charge < -0.3 is 4.90 Å². The van der Waals surface area contributed by atoms with Crippen LogP contribution < -0.4 is 4.90 Å². The Morgan fingerprint density at radius 1 is 0.468 bits per heavy atom. The Balaban J connectivity index is 0.941. The van der Waals surface area contributed by atoms with Crippen LogP contribution in [0.15, 0.2) is 200 Å². The van der Waals surface area contributed by atoms with Gasteiger partial charge in [-0.1, -0.05) is 164 Å². The van der Waals surface area contributed by atoms with Crippen molar-refractivity contribution < 1.29 is 0 Å². The fourth-order valence-corrected chi connectivity index (χ4v) is 13.4. The molecule has 1 nitrogen and oxygen atoms in total. The highest BCUT2D eigenvalue weighted by Gasteiger charge is 2.65. The van der Waals surface area contributed by atoms with Crippen molar-refractivity contribution in [2.45, 2.75) is 43.9 Å². The lowest BCUT2D eigenvalue weighted by molar-refractivity contribution is 0.191. The molecule has 0 radical (unpaired) electrons. The van der Waals surface area contributed by atoms with Crippen LogP contribution in [0.5, 0.6) is 0 Å². The Morgan fingerprint density at radius 3 is 1.87 bits per heavy atom. The molecule has 298 valence electrons. The highest BCUT2D eigenvalue weighted by molar-refractivity contribution is 6.07. The third-order valence-corrected chi connectivity index (χ3v) is 15.7. The van der Waals surface area contributed by atoms with Gasteiger partial charge in [0.1, 0.15) is 0 Å². The fourth-order valence-electron chi connectivity index (χ4n) is 13.4. The number of para-hydroxylation sites is 1. The summed E-state index contributed by atoms with van der Waals surface area (Å²) in [5, 5.41) is 2.59. The second-order valence-electron chi connectivity index (χ2n) is 18.7. The van der Waals surface area contributed by atoms with Crippen molar-refractivity contribution in [1.29, 1.82) is 0 Å². The topological polar surface area (TPSA) is 3.24 Å². The number of rotatable bonds is 7. The molecule has 0 saturated heterocycles. The summed E-state index contributed by atoms with van der Waals surface area (Å²) in [6.45, 7) is 0. The molecule has 4 bridgehead atoms. The largest absolute Gasteiger partial charge is 0.310 e. The molecule has 0 amide bonds. The summed E-state index contributed by atoms with van der Waals surface area (Å²) in [6, 6.07) is 68.8. The van der Waals surface area contributed by atoms with E-state index in [1.165, 1.54) is 92.1 Å². The first-order valence-corrected chi connectivity index (χ1v) is 23.0. The van der Waals surface area contributed by atoms with E-state index < -0.39 is 0 Å². The molecule has 6 aliphatic carbocycles. The number of nitrogens with zero attached hydrogens (tertiary/aromatic N) is 1. The lowest BCUT2D eigenvalue weighted by Crippen LogP contribution is -2.40. The molecule has 8 aromatic rings. The molecule has 4 fully saturated rings. The van der Waals surface area contributed by atoms with Gasteiger partial charge in [0.25, 0.3) is 0 Å². The minimum atomic E-state index is 0.178. The van der Waals surface area contributed by atoms with Crippen LogP contribution >= 0.6 is 0 Å². The monoisotopic (exact) mass is 795 g/mol. The van der Waals surface area contributed by atoms with Crippen LogP contribution in [0.25, 0.3) is 60.9 Å². The third kappa shape index (κ3) is 5.40. The van der Waals surface area contributed by atoms with E-state index in [1.807, 2.05) is 0 Å². The van der Waals surface area contributed by atoms with Gasteiger partial charge in [0.05, 0.1) is 5.69 Å². The zero-order chi connectivity index (χ0) is 40.8. The zero-order valence-corrected chi connectivity index (χ0v) is 35.1. The summed E-state index contributed by atoms with van der Waals surface area (Å²) >= 11 is 0. The summed E-state index contributed by atoms with van der Waals surface area (Å²) in [5.41, 5.74) is 20.1. The first kappa shape index (κ1) is 36.0. The van der Waals surface area contributed by atoms with Crippen molar-refractivity contribution in [3.8, 4) is 44.5 Å². The molecule has 5 unspecified atom stereocenters. The summed E-state index contributed by atoms with van der Waals surface area (Å²) < 4.78 is 0. The molecule has 8 aromatic carbocycles. The van der Waals surface area contributed by atoms with Crippen LogP contribution in [0.2, 0.25) is 0 Å². The van der Waals surface area contributed by atoms with E-state index in [0.717, 1.165) is 53.6 Å². The Kier molecular flexibility index (Phi) is 8.23. The van der Waals surface area contributed by atoms with E-state index in [2.05, 4.69) is 205 Å². The minimum Gasteiger partial charge on any atom is -0.310 e. The minimum absolute atomic E-state index is 0.178. The SMILES string of the molecule is C1=CCCC(c2cccc3cccc(-c4ccccc4N(c4ccc(-c5ccccc5)cc4)c4ccc(-c5ccc6c(c5)C5(c7ccccc7-6)C6CC7CC(C6)C5C7)cc4)c23)=C1. The first-order valence-electron chi connectivity index (χ1n) is 23.0. The summed E-state index contributed by atoms with van der Waals surface area (Å²) in [7, 11) is 0. The van der Waals surface area contributed by atoms with Gasteiger partial charge in [-0.2, -0.15) is 0 Å². The molecule has 6 aliphatic rings. The van der Waals surface area contributed by atoms with Gasteiger partial charge in [0, 0.05) is 22.4 Å². The number of anilines is 3. The van der Waals surface area contributed by atoms with Crippen molar-refractivity contribution in [2.75, 3.05) is 4.90 Å². The summed E-state index contributed by atoms with van der Waals surface area (Å²) in [5.74, 6) is 3.37. The Hall–Kier alpha value is -6.70. The highest BCUT2D eigenvalue weighted by Crippen LogP contribution is 2.73. The Labute approximate surface area is 365 Å². The standard InChI is InChI=1S/C61H49N/c1-3-13-41(14-4-1)42-25-30-49(31-26-42)62(59-24-10-8-20-54(59)55-22-12-18-45-17-11-21-51(60(45)55)44-15-5-2-6-16-44)50-32-27-43(28-33-50)46-29-34-53-52-19-7-9-23-56(52)61(58(53)39-46)48-36-40-35-47(38-48)57(61)37-40/h1-5,7-15,17-34,39-40,47-48,57H,6,16,35-38H2. The molecular formula is C61H49N. The van der Waals surface area contributed by atoms with Gasteiger partial charge in [-0.15, -0.1) is 0 Å². The average molecular weight is 796 g/mol. The predicted octanol–water partition coefficient (Wildman–Crippen LogP) is 16.4. The fraction of sp³-hybridized carbons (Fsp3) is 0.180.